The van der Waals surface area contributed by atoms with Crippen LogP contribution in [0.1, 0.15) is 103 Å². The highest BCUT2D eigenvalue weighted by Gasteiger charge is 2.46. The van der Waals surface area contributed by atoms with Crippen LogP contribution in [0.4, 0.5) is 5.69 Å². The van der Waals surface area contributed by atoms with Gasteiger partial charge >= 0.3 is 5.97 Å². The molecule has 26 heteroatoms. The number of carbonyl (C=O) groups excluding carboxylic acids is 7. The van der Waals surface area contributed by atoms with E-state index in [-0.39, 0.29) is 98.5 Å². The first-order chi connectivity index (χ1) is 42.5. The highest BCUT2D eigenvalue weighted by Crippen LogP contribution is 2.45. The Kier molecular flexibility index (Phi) is 24.4. The Morgan fingerprint density at radius 3 is 1.91 bits per heavy atom. The van der Waals surface area contributed by atoms with E-state index in [0.717, 1.165) is 24.0 Å². The van der Waals surface area contributed by atoms with Crippen LogP contribution >= 0.6 is 0 Å². The van der Waals surface area contributed by atoms with Crippen molar-refractivity contribution in [2.24, 2.45) is 17.8 Å². The molecule has 6 heterocycles. The minimum absolute atomic E-state index is 0.00272. The van der Waals surface area contributed by atoms with Crippen LogP contribution in [0.2, 0.25) is 0 Å². The molecule has 5 N–H and O–H groups in total. The third-order valence-electron chi connectivity index (χ3n) is 16.1. The maximum atomic E-state index is 13.8. The quantitative estimate of drug-likeness (QED) is 0.0245. The number of aliphatic hydroxyl groups is 1. The standard InChI is InChI=1S/C61H85N7O19/c1-5-61(77)45-34-48-54-43(36-67(48)59(75)44(45)37-87-60(61)76)42-14-18-86-55-47(11-10-46(64-54)52(42)55)65-56(72)39(4)63-58(74)53(38(2)3)66-49(69)15-17-78-20-22-80-24-26-82-28-30-84-32-33-85-31-29-83-27-25-81-23-21-79-19-16-62-57(73)41-8-6-40(7-9-41)35-68-50(70)12-13-51(68)71/h10-11,34,38-41,53,77H,5-9,12-33,35-37H2,1-4H3,(H,62,73)(H,63,74)(H,65,72)(H,66,69)/t39-,40?,41?,53-,61-/m0/s1/i12T/t12?,39-,40?,41?,53-,61-. The van der Waals surface area contributed by atoms with Crippen molar-refractivity contribution in [3.05, 3.63) is 50.8 Å². The Bertz CT molecular complexity index is 3010. The number of carbonyl (C=O) groups is 7. The van der Waals surface area contributed by atoms with Crippen LogP contribution in [0.5, 0.6) is 5.75 Å². The van der Waals surface area contributed by atoms with Crippen LogP contribution in [0, 0.1) is 17.8 Å². The van der Waals surface area contributed by atoms with Crippen molar-refractivity contribution in [2.45, 2.75) is 116 Å². The molecule has 1 unspecified atom stereocenters. The summed E-state index contributed by atoms with van der Waals surface area (Å²) in [6, 6.07) is 3.14. The van der Waals surface area contributed by atoms with E-state index in [0.29, 0.717) is 159 Å². The number of imide groups is 1. The fourth-order valence-electron chi connectivity index (χ4n) is 11.2. The predicted molar refractivity (Wildman–Crippen MR) is 312 cm³/mol. The zero-order valence-corrected chi connectivity index (χ0v) is 50.3. The molecule has 0 spiro atoms. The Morgan fingerprint density at radius 2 is 1.33 bits per heavy atom. The minimum atomic E-state index is -1.95. The predicted octanol–water partition coefficient (Wildman–Crippen LogP) is 2.19. The molecule has 1 saturated heterocycles. The maximum Gasteiger partial charge on any atom is 0.343 e. The first-order valence-corrected chi connectivity index (χ1v) is 30.4. The van der Waals surface area contributed by atoms with Crippen molar-refractivity contribution in [3.8, 4) is 17.1 Å². The molecule has 5 aliphatic rings. The van der Waals surface area contributed by atoms with Crippen LogP contribution in [0.25, 0.3) is 22.3 Å². The number of cyclic esters (lactones) is 1. The number of pyridine rings is 2. The molecular formula is C61H85N7O19. The van der Waals surface area contributed by atoms with E-state index in [1.54, 1.807) is 50.5 Å². The summed E-state index contributed by atoms with van der Waals surface area (Å²) in [6.45, 7) is 13.6. The Balaban J connectivity index is 0.591. The van der Waals surface area contributed by atoms with Gasteiger partial charge < -0.3 is 78.3 Å². The summed E-state index contributed by atoms with van der Waals surface area (Å²) >= 11 is 0. The largest absolute Gasteiger partial charge is 0.490 e. The molecule has 8 rings (SSSR count). The molecule has 87 heavy (non-hydrogen) atoms. The average Bonchev–Trinajstić information content (AvgIpc) is 2.25. The van der Waals surface area contributed by atoms with Gasteiger partial charge in [-0.05, 0) is 74.6 Å². The van der Waals surface area contributed by atoms with Gasteiger partial charge in [-0.2, -0.15) is 0 Å². The van der Waals surface area contributed by atoms with E-state index in [9.17, 15) is 43.5 Å². The summed E-state index contributed by atoms with van der Waals surface area (Å²) in [4.78, 5) is 109. The molecule has 26 nitrogen and oxygen atoms in total. The number of anilines is 1. The van der Waals surface area contributed by atoms with Gasteiger partial charge in [0, 0.05) is 62.6 Å². The molecule has 4 atom stereocenters. The van der Waals surface area contributed by atoms with Gasteiger partial charge in [-0.3, -0.25) is 38.5 Å². The van der Waals surface area contributed by atoms with Gasteiger partial charge in [0.25, 0.3) is 5.56 Å². The zero-order chi connectivity index (χ0) is 62.7. The molecule has 1 saturated carbocycles. The van der Waals surface area contributed by atoms with E-state index < -0.39 is 53.7 Å². The van der Waals surface area contributed by atoms with Crippen LogP contribution in [0.3, 0.4) is 0 Å². The van der Waals surface area contributed by atoms with Crippen molar-refractivity contribution >= 4 is 58.0 Å². The number of aromatic nitrogens is 2. The highest BCUT2D eigenvalue weighted by molar-refractivity contribution is 6.04. The highest BCUT2D eigenvalue weighted by atomic mass is 16.6. The molecule has 1 aromatic carbocycles. The number of nitrogens with zero attached hydrogens (tertiary/aromatic N) is 3. The van der Waals surface area contributed by atoms with Crippen LogP contribution < -0.4 is 31.6 Å². The van der Waals surface area contributed by atoms with Crippen molar-refractivity contribution in [3.63, 3.8) is 0 Å². The van der Waals surface area contributed by atoms with Crippen LogP contribution in [-0.2, 0) is 101 Å². The van der Waals surface area contributed by atoms with Crippen LogP contribution in [0.15, 0.2) is 23.0 Å². The Morgan fingerprint density at radius 1 is 0.736 bits per heavy atom. The van der Waals surface area contributed by atoms with Crippen LogP contribution in [-0.4, -0.2) is 198 Å². The number of amides is 6. The third-order valence-corrected chi connectivity index (χ3v) is 16.1. The van der Waals surface area contributed by atoms with Gasteiger partial charge in [-0.1, -0.05) is 20.8 Å². The zero-order valence-electron chi connectivity index (χ0n) is 51.3. The summed E-state index contributed by atoms with van der Waals surface area (Å²) in [5, 5.41) is 23.3. The van der Waals surface area contributed by atoms with Gasteiger partial charge in [0.2, 0.25) is 35.4 Å². The second-order valence-corrected chi connectivity index (χ2v) is 22.4. The summed E-state index contributed by atoms with van der Waals surface area (Å²) in [5.74, 6) is -2.74. The van der Waals surface area contributed by atoms with E-state index in [4.69, 9.17) is 53.7 Å². The number of esters is 1. The summed E-state index contributed by atoms with van der Waals surface area (Å²) in [6.07, 6.45) is 2.47. The fraction of sp³-hybridized carbons (Fsp3) is 0.656. The third kappa shape index (κ3) is 17.4. The summed E-state index contributed by atoms with van der Waals surface area (Å²) < 4.78 is 64.9. The van der Waals surface area contributed by atoms with Gasteiger partial charge in [-0.15, -0.1) is 0 Å². The summed E-state index contributed by atoms with van der Waals surface area (Å²) in [5.41, 5.74) is 1.85. The number of fused-ring (bicyclic) bond motifs is 5. The number of rotatable bonds is 37. The molecule has 3 aromatic rings. The van der Waals surface area contributed by atoms with Crippen molar-refractivity contribution in [1.82, 2.24) is 30.4 Å². The fourth-order valence-corrected chi connectivity index (χ4v) is 11.2. The SMILES string of the molecule is [3H]C1CC(=O)N(CC2CCC(C(=O)NCCOCCOCCOCCOCCOCCOCCOCCOCCC(=O)N[C@H](C(=O)N[C@@H](C)C(=O)Nc3ccc4nc5c(c6c4c3OCC6)Cn3c-5cc4c(c3=O)COC(=O)[C@]4(O)CC)C(C)C)CC2)C1=O. The van der Waals surface area contributed by atoms with Gasteiger partial charge in [-0.25, -0.2) is 9.78 Å². The van der Waals surface area contributed by atoms with E-state index >= 15 is 0 Å². The van der Waals surface area contributed by atoms with Gasteiger partial charge in [0.1, 0.15) is 18.7 Å². The molecule has 6 amide bonds. The Hall–Kier alpha value is -6.49. The van der Waals surface area contributed by atoms with Crippen molar-refractivity contribution < 1.29 is 87.4 Å². The van der Waals surface area contributed by atoms with Gasteiger partial charge in [0.05, 0.1) is 147 Å². The number of hydrogen-bond acceptors (Lipinski definition) is 20. The average molecular weight is 1220 g/mol. The first-order valence-electron chi connectivity index (χ1n) is 30.9. The molecule has 2 aromatic heterocycles. The maximum absolute atomic E-state index is 13.8. The lowest BCUT2D eigenvalue weighted by Crippen LogP contribution is -2.53. The number of likely N-dealkylation sites (tertiary alicyclic amines) is 1. The monoisotopic (exact) mass is 1220 g/mol. The molecular weight excluding hydrogens is 1130 g/mol. The number of ether oxygens (including phenoxy) is 10. The lowest BCUT2D eigenvalue weighted by Gasteiger charge is -2.31. The lowest BCUT2D eigenvalue weighted by atomic mass is 9.81. The number of benzene rings is 1. The molecule has 4 aliphatic heterocycles. The summed E-state index contributed by atoms with van der Waals surface area (Å²) in [7, 11) is 0. The normalized spacial score (nSPS) is 20.3. The minimum Gasteiger partial charge on any atom is -0.490 e. The molecule has 1 aliphatic carbocycles. The molecule has 0 bridgehead atoms. The smallest absolute Gasteiger partial charge is 0.343 e. The van der Waals surface area contributed by atoms with Crippen molar-refractivity contribution in [1.29, 1.82) is 0 Å². The van der Waals surface area contributed by atoms with Gasteiger partial charge in [0.15, 0.2) is 11.4 Å². The second-order valence-electron chi connectivity index (χ2n) is 22.4. The molecule has 0 radical (unpaired) electrons. The molecule has 478 valence electrons. The lowest BCUT2D eigenvalue weighted by molar-refractivity contribution is -0.172. The molecule has 2 fully saturated rings. The van der Waals surface area contributed by atoms with E-state index in [1.165, 1.54) is 4.90 Å². The number of nitrogens with one attached hydrogen (secondary N) is 4. The Labute approximate surface area is 507 Å². The van der Waals surface area contributed by atoms with Crippen molar-refractivity contribution in [2.75, 3.05) is 131 Å². The van der Waals surface area contributed by atoms with E-state index in [1.807, 2.05) is 0 Å². The van der Waals surface area contributed by atoms with E-state index in [2.05, 4.69) is 21.3 Å². The second kappa shape index (κ2) is 32.7. The topological polar surface area (TPSA) is 318 Å². The first kappa shape index (κ1) is 65.0. The number of hydrogen-bond donors (Lipinski definition) is 5.